The molecule has 0 saturated heterocycles. The van der Waals surface area contributed by atoms with E-state index in [4.69, 9.17) is 0 Å². The monoisotopic (exact) mass is 241 g/mol. The number of fused-ring (bicyclic) bond motifs is 1. The first-order valence-electron chi connectivity index (χ1n) is 5.45. The molecule has 2 heterocycles. The lowest BCUT2D eigenvalue weighted by Gasteiger charge is -1.98. The molecule has 90 valence electrons. The van der Waals surface area contributed by atoms with Crippen molar-refractivity contribution in [3.8, 4) is 0 Å². The summed E-state index contributed by atoms with van der Waals surface area (Å²) in [4.78, 5) is 3.20. The van der Waals surface area contributed by atoms with Gasteiger partial charge in [-0.1, -0.05) is 23.3 Å². The van der Waals surface area contributed by atoms with Crippen LogP contribution in [0.15, 0.2) is 35.6 Å². The fraction of sp³-hybridized carbons (Fsp3) is 0.0909. The van der Waals surface area contributed by atoms with E-state index in [2.05, 4.69) is 42.2 Å². The van der Waals surface area contributed by atoms with Crippen LogP contribution in [0.25, 0.3) is 10.9 Å². The van der Waals surface area contributed by atoms with Crippen molar-refractivity contribution < 1.29 is 0 Å². The van der Waals surface area contributed by atoms with Crippen molar-refractivity contribution in [1.82, 2.24) is 25.6 Å². The van der Waals surface area contributed by atoms with Crippen LogP contribution in [-0.4, -0.2) is 31.3 Å². The first kappa shape index (κ1) is 10.5. The van der Waals surface area contributed by atoms with Crippen LogP contribution < -0.4 is 5.43 Å². The van der Waals surface area contributed by atoms with Crippen molar-refractivity contribution in [3.63, 3.8) is 0 Å². The molecule has 0 saturated carbocycles. The van der Waals surface area contributed by atoms with E-state index in [1.165, 1.54) is 0 Å². The second kappa shape index (κ2) is 4.28. The Bertz CT molecular complexity index is 680. The van der Waals surface area contributed by atoms with Crippen molar-refractivity contribution >= 4 is 22.6 Å². The maximum atomic E-state index is 4.22. The Morgan fingerprint density at radius 2 is 2.22 bits per heavy atom. The van der Waals surface area contributed by atoms with Gasteiger partial charge in [0.25, 0.3) is 5.95 Å². The SMILES string of the molecule is C/C(=N\Nc1nn[nH]n1)c1c[nH]c2ccccc12. The van der Waals surface area contributed by atoms with Crippen molar-refractivity contribution in [1.29, 1.82) is 0 Å². The molecule has 0 bridgehead atoms. The highest BCUT2D eigenvalue weighted by atomic mass is 15.5. The Kier molecular flexibility index (Phi) is 2.49. The molecule has 0 atom stereocenters. The number of anilines is 1. The first-order valence-corrected chi connectivity index (χ1v) is 5.45. The highest BCUT2D eigenvalue weighted by Crippen LogP contribution is 2.18. The van der Waals surface area contributed by atoms with E-state index in [9.17, 15) is 0 Å². The summed E-state index contributed by atoms with van der Waals surface area (Å²) in [7, 11) is 0. The second-order valence-electron chi connectivity index (χ2n) is 3.79. The quantitative estimate of drug-likeness (QED) is 0.478. The third-order valence-corrected chi connectivity index (χ3v) is 2.65. The molecule has 2 aromatic heterocycles. The van der Waals surface area contributed by atoms with E-state index in [-0.39, 0.29) is 0 Å². The number of benzene rings is 1. The average molecular weight is 241 g/mol. The number of nitrogens with one attached hydrogen (secondary N) is 3. The maximum Gasteiger partial charge on any atom is 0.283 e. The Morgan fingerprint density at radius 1 is 1.33 bits per heavy atom. The molecule has 3 rings (SSSR count). The van der Waals surface area contributed by atoms with Gasteiger partial charge in [-0.05, 0) is 18.2 Å². The minimum absolute atomic E-state index is 0.342. The van der Waals surface area contributed by atoms with Gasteiger partial charge in [-0.15, -0.1) is 5.10 Å². The lowest BCUT2D eigenvalue weighted by molar-refractivity contribution is 0.881. The third kappa shape index (κ3) is 1.81. The molecule has 0 amide bonds. The summed E-state index contributed by atoms with van der Waals surface area (Å²) in [5.41, 5.74) is 5.71. The van der Waals surface area contributed by atoms with Gasteiger partial charge in [0, 0.05) is 22.7 Å². The zero-order valence-electron chi connectivity index (χ0n) is 9.68. The molecule has 0 aliphatic rings. The number of rotatable bonds is 3. The van der Waals surface area contributed by atoms with Crippen molar-refractivity contribution in [2.75, 3.05) is 5.43 Å². The molecule has 0 aliphatic carbocycles. The number of aromatic nitrogens is 5. The molecule has 7 heteroatoms. The molecule has 0 fully saturated rings. The smallest absolute Gasteiger partial charge is 0.283 e. The number of para-hydroxylation sites is 1. The molecule has 18 heavy (non-hydrogen) atoms. The Morgan fingerprint density at radius 3 is 3.06 bits per heavy atom. The number of aromatic amines is 2. The van der Waals surface area contributed by atoms with Gasteiger partial charge in [-0.2, -0.15) is 10.3 Å². The minimum Gasteiger partial charge on any atom is -0.360 e. The fourth-order valence-electron chi connectivity index (χ4n) is 1.77. The molecule has 3 N–H and O–H groups in total. The normalized spacial score (nSPS) is 11.9. The molecular formula is C11H11N7. The summed E-state index contributed by atoms with van der Waals surface area (Å²) in [5.74, 6) is 0.342. The Labute approximate surface area is 102 Å². The van der Waals surface area contributed by atoms with Crippen molar-refractivity contribution in [2.24, 2.45) is 5.10 Å². The highest BCUT2D eigenvalue weighted by Gasteiger charge is 2.05. The number of nitrogens with zero attached hydrogens (tertiary/aromatic N) is 4. The Hall–Kier alpha value is -2.70. The van der Waals surface area contributed by atoms with Crippen LogP contribution in [0.3, 0.4) is 0 Å². The predicted molar refractivity (Wildman–Crippen MR) is 68.3 cm³/mol. The number of hydrazone groups is 1. The van der Waals surface area contributed by atoms with E-state index in [1.807, 2.05) is 31.3 Å². The van der Waals surface area contributed by atoms with Crippen LogP contribution in [0.1, 0.15) is 12.5 Å². The molecular weight excluding hydrogens is 230 g/mol. The predicted octanol–water partition coefficient (Wildman–Crippen LogP) is 1.52. The lowest BCUT2D eigenvalue weighted by Crippen LogP contribution is -2.00. The summed E-state index contributed by atoms with van der Waals surface area (Å²) in [6.07, 6.45) is 1.93. The highest BCUT2D eigenvalue weighted by molar-refractivity contribution is 6.09. The van der Waals surface area contributed by atoms with Crippen LogP contribution in [0.4, 0.5) is 5.95 Å². The molecule has 0 radical (unpaired) electrons. The van der Waals surface area contributed by atoms with Crippen LogP contribution in [-0.2, 0) is 0 Å². The van der Waals surface area contributed by atoms with Gasteiger partial charge in [-0.25, -0.2) is 5.43 Å². The van der Waals surface area contributed by atoms with Crippen molar-refractivity contribution in [2.45, 2.75) is 6.92 Å². The van der Waals surface area contributed by atoms with Gasteiger partial charge >= 0.3 is 0 Å². The zero-order chi connectivity index (χ0) is 12.4. The molecule has 0 spiro atoms. The standard InChI is InChI=1S/C11H11N7/c1-7(13-14-11-15-17-18-16-11)9-6-12-10-5-3-2-4-8(9)10/h2-6,12H,1H3,(H2,14,15,16,17,18)/b13-7+. The summed E-state index contributed by atoms with van der Waals surface area (Å²) >= 11 is 0. The molecule has 0 unspecified atom stereocenters. The van der Waals surface area contributed by atoms with Gasteiger partial charge in [0.05, 0.1) is 5.71 Å². The molecule has 3 aromatic rings. The maximum absolute atomic E-state index is 4.22. The summed E-state index contributed by atoms with van der Waals surface area (Å²) in [5, 5.41) is 18.7. The Balaban J connectivity index is 1.92. The van der Waals surface area contributed by atoms with Crippen LogP contribution in [0.2, 0.25) is 0 Å². The topological polar surface area (TPSA) is 94.6 Å². The van der Waals surface area contributed by atoms with Gasteiger partial charge in [0.1, 0.15) is 0 Å². The average Bonchev–Trinajstić information content (AvgIpc) is 3.05. The van der Waals surface area contributed by atoms with Gasteiger partial charge in [0.15, 0.2) is 0 Å². The van der Waals surface area contributed by atoms with E-state index in [1.54, 1.807) is 0 Å². The molecule has 1 aromatic carbocycles. The van der Waals surface area contributed by atoms with Crippen LogP contribution in [0, 0.1) is 0 Å². The van der Waals surface area contributed by atoms with E-state index < -0.39 is 0 Å². The van der Waals surface area contributed by atoms with Gasteiger partial charge in [-0.3, -0.25) is 0 Å². The summed E-state index contributed by atoms with van der Waals surface area (Å²) in [6.45, 7) is 1.92. The fourth-order valence-corrected chi connectivity index (χ4v) is 1.77. The van der Waals surface area contributed by atoms with Crippen molar-refractivity contribution in [3.05, 3.63) is 36.0 Å². The van der Waals surface area contributed by atoms with Gasteiger partial charge < -0.3 is 4.98 Å². The summed E-state index contributed by atoms with van der Waals surface area (Å²) < 4.78 is 0. The van der Waals surface area contributed by atoms with Gasteiger partial charge in [0.2, 0.25) is 0 Å². The minimum atomic E-state index is 0.342. The van der Waals surface area contributed by atoms with E-state index >= 15 is 0 Å². The first-order chi connectivity index (χ1) is 8.84. The van der Waals surface area contributed by atoms with E-state index in [0.29, 0.717) is 5.95 Å². The number of tetrazole rings is 1. The second-order valence-corrected chi connectivity index (χ2v) is 3.79. The number of H-pyrrole nitrogens is 2. The zero-order valence-corrected chi connectivity index (χ0v) is 9.68. The third-order valence-electron chi connectivity index (χ3n) is 2.65. The van der Waals surface area contributed by atoms with Crippen LogP contribution in [0.5, 0.6) is 0 Å². The van der Waals surface area contributed by atoms with Crippen LogP contribution >= 0.6 is 0 Å². The largest absolute Gasteiger partial charge is 0.360 e. The van der Waals surface area contributed by atoms with E-state index in [0.717, 1.165) is 22.2 Å². The molecule has 0 aliphatic heterocycles. The summed E-state index contributed by atoms with van der Waals surface area (Å²) in [6, 6.07) is 8.07. The number of hydrogen-bond donors (Lipinski definition) is 3. The number of hydrogen-bond acceptors (Lipinski definition) is 5. The lowest BCUT2D eigenvalue weighted by atomic mass is 10.1. The molecule has 7 nitrogen and oxygen atoms in total.